The van der Waals surface area contributed by atoms with Gasteiger partial charge in [0.05, 0.1) is 0 Å². The van der Waals surface area contributed by atoms with E-state index < -0.39 is 12.8 Å². The number of hydrogen-bond acceptors (Lipinski definition) is 2. The summed E-state index contributed by atoms with van der Waals surface area (Å²) in [6.07, 6.45) is 0. The molecule has 9 heavy (non-hydrogen) atoms. The van der Waals surface area contributed by atoms with Gasteiger partial charge in [0, 0.05) is 5.57 Å². The molecule has 0 aliphatic carbocycles. The molecule has 0 aromatic carbocycles. The molecule has 0 bridgehead atoms. The Morgan fingerprint density at radius 1 is 1.78 bits per heavy atom. The van der Waals surface area contributed by atoms with E-state index in [1.165, 1.54) is 6.92 Å². The smallest absolute Gasteiger partial charge is 0.330 e. The predicted octanol–water partition coefficient (Wildman–Crippen LogP) is 0.553. The Morgan fingerprint density at radius 2 is 1.89 bits per heavy atom. The molecule has 0 rings (SSSR count). The second-order valence-corrected chi connectivity index (χ2v) is 1.21. The molecule has 0 radical (unpaired) electrons. The van der Waals surface area contributed by atoms with Crippen LogP contribution in [0.3, 0.4) is 0 Å². The SMILES string of the molecule is C=C(C)C(=O)O.OCF. The number of rotatable bonds is 1. The van der Waals surface area contributed by atoms with Crippen molar-refractivity contribution in [1.82, 2.24) is 0 Å². The lowest BCUT2D eigenvalue weighted by Gasteiger charge is -1.79. The zero-order valence-corrected chi connectivity index (χ0v) is 5.09. The topological polar surface area (TPSA) is 57.5 Å². The number of aliphatic hydroxyl groups excluding tert-OH is 1. The number of carboxylic acid groups (broad SMARTS) is 1. The number of aliphatic hydroxyl groups is 1. The predicted molar refractivity (Wildman–Crippen MR) is 30.6 cm³/mol. The Morgan fingerprint density at radius 3 is 1.89 bits per heavy atom. The van der Waals surface area contributed by atoms with Crippen LogP contribution in [0.1, 0.15) is 6.92 Å². The third-order valence-electron chi connectivity index (χ3n) is 0.365. The summed E-state index contributed by atoms with van der Waals surface area (Å²) in [4.78, 5) is 9.60. The van der Waals surface area contributed by atoms with Crippen molar-refractivity contribution in [3.63, 3.8) is 0 Å². The average Bonchev–Trinajstić information content (AvgIpc) is 1.68. The van der Waals surface area contributed by atoms with Gasteiger partial charge in [-0.1, -0.05) is 6.58 Å². The molecular formula is C5H9FO3. The number of hydrogen-bond donors (Lipinski definition) is 2. The lowest BCUT2D eigenvalue weighted by atomic mass is 10.4. The summed E-state index contributed by atoms with van der Waals surface area (Å²) in [5, 5.41) is 14.8. The number of alkyl halides is 1. The van der Waals surface area contributed by atoms with Crippen molar-refractivity contribution in [2.75, 3.05) is 6.86 Å². The van der Waals surface area contributed by atoms with Crippen LogP contribution in [0.2, 0.25) is 0 Å². The molecule has 54 valence electrons. The highest BCUT2D eigenvalue weighted by Crippen LogP contribution is 1.81. The second kappa shape index (κ2) is 7.10. The molecular weight excluding hydrogens is 127 g/mol. The van der Waals surface area contributed by atoms with E-state index in [-0.39, 0.29) is 5.57 Å². The van der Waals surface area contributed by atoms with Gasteiger partial charge < -0.3 is 10.2 Å². The van der Waals surface area contributed by atoms with Gasteiger partial charge in [0.1, 0.15) is 0 Å². The van der Waals surface area contributed by atoms with E-state index in [1.807, 2.05) is 0 Å². The zero-order chi connectivity index (χ0) is 7.86. The minimum Gasteiger partial charge on any atom is -0.478 e. The molecule has 0 atom stereocenters. The van der Waals surface area contributed by atoms with Gasteiger partial charge in [-0.25, -0.2) is 9.18 Å². The Bertz CT molecular complexity index is 88.4. The van der Waals surface area contributed by atoms with Crippen LogP contribution in [0.4, 0.5) is 4.39 Å². The number of aliphatic carboxylic acids is 1. The van der Waals surface area contributed by atoms with Crippen LogP contribution < -0.4 is 0 Å². The zero-order valence-electron chi connectivity index (χ0n) is 5.09. The maximum Gasteiger partial charge on any atom is 0.330 e. The van der Waals surface area contributed by atoms with Crippen molar-refractivity contribution >= 4 is 5.97 Å². The highest BCUT2D eigenvalue weighted by atomic mass is 19.1. The van der Waals surface area contributed by atoms with Gasteiger partial charge in [-0.05, 0) is 6.92 Å². The van der Waals surface area contributed by atoms with Gasteiger partial charge in [-0.15, -0.1) is 0 Å². The van der Waals surface area contributed by atoms with Crippen LogP contribution >= 0.6 is 0 Å². The molecule has 0 unspecified atom stereocenters. The maximum atomic E-state index is 9.85. The van der Waals surface area contributed by atoms with Crippen LogP contribution in [-0.4, -0.2) is 23.0 Å². The molecule has 2 N–H and O–H groups in total. The number of carbonyl (C=O) groups is 1. The van der Waals surface area contributed by atoms with Gasteiger partial charge >= 0.3 is 5.97 Å². The van der Waals surface area contributed by atoms with E-state index in [1.54, 1.807) is 0 Å². The molecule has 0 saturated heterocycles. The lowest BCUT2D eigenvalue weighted by molar-refractivity contribution is -0.132. The van der Waals surface area contributed by atoms with Gasteiger partial charge in [-0.2, -0.15) is 0 Å². The number of halogens is 1. The van der Waals surface area contributed by atoms with E-state index in [0.29, 0.717) is 0 Å². The standard InChI is InChI=1S/C4H6O2.CH3FO/c1-3(2)4(5)6;2-1-3/h1H2,2H3,(H,5,6);3H,1H2. The van der Waals surface area contributed by atoms with Crippen LogP contribution in [0.25, 0.3) is 0 Å². The van der Waals surface area contributed by atoms with E-state index in [2.05, 4.69) is 6.58 Å². The molecule has 0 fully saturated rings. The largest absolute Gasteiger partial charge is 0.478 e. The molecule has 3 nitrogen and oxygen atoms in total. The summed E-state index contributed by atoms with van der Waals surface area (Å²) in [5.41, 5.74) is 0.176. The van der Waals surface area contributed by atoms with Crippen molar-refractivity contribution in [1.29, 1.82) is 0 Å². The minimum atomic E-state index is -1.25. The van der Waals surface area contributed by atoms with E-state index in [4.69, 9.17) is 10.2 Å². The normalized spacial score (nSPS) is 7.00. The fourth-order valence-electron chi connectivity index (χ4n) is 0. The summed E-state index contributed by atoms with van der Waals surface area (Å²) in [5.74, 6) is -0.935. The number of carboxylic acids is 1. The monoisotopic (exact) mass is 136 g/mol. The van der Waals surface area contributed by atoms with Crippen LogP contribution in [0, 0.1) is 0 Å². The molecule has 0 amide bonds. The molecule has 0 heterocycles. The highest BCUT2D eigenvalue weighted by molar-refractivity contribution is 5.84. The van der Waals surface area contributed by atoms with Gasteiger partial charge in [0.25, 0.3) is 0 Å². The Balaban J connectivity index is 0. The molecule has 0 aliphatic heterocycles. The Hall–Kier alpha value is -0.900. The fourth-order valence-corrected chi connectivity index (χ4v) is 0. The van der Waals surface area contributed by atoms with E-state index in [0.717, 1.165) is 0 Å². The van der Waals surface area contributed by atoms with Crippen LogP contribution in [0.5, 0.6) is 0 Å². The molecule has 0 saturated carbocycles. The summed E-state index contributed by atoms with van der Waals surface area (Å²) in [7, 11) is 0. The van der Waals surface area contributed by atoms with Crippen molar-refractivity contribution < 1.29 is 19.4 Å². The fraction of sp³-hybridized carbons (Fsp3) is 0.400. The summed E-state index contributed by atoms with van der Waals surface area (Å²) < 4.78 is 9.85. The highest BCUT2D eigenvalue weighted by Gasteiger charge is 1.90. The van der Waals surface area contributed by atoms with Crippen molar-refractivity contribution in [2.24, 2.45) is 0 Å². The molecule has 0 spiro atoms. The molecule has 0 aromatic rings. The molecule has 4 heteroatoms. The van der Waals surface area contributed by atoms with Crippen molar-refractivity contribution in [3.8, 4) is 0 Å². The van der Waals surface area contributed by atoms with Gasteiger partial charge in [0.15, 0.2) is 6.86 Å². The van der Waals surface area contributed by atoms with Crippen LogP contribution in [0.15, 0.2) is 12.2 Å². The molecule has 0 aromatic heterocycles. The van der Waals surface area contributed by atoms with Crippen molar-refractivity contribution in [2.45, 2.75) is 6.92 Å². The third-order valence-corrected chi connectivity index (χ3v) is 0.365. The van der Waals surface area contributed by atoms with Gasteiger partial charge in [-0.3, -0.25) is 0 Å². The average molecular weight is 136 g/mol. The lowest BCUT2D eigenvalue weighted by Crippen LogP contribution is -1.92. The Kier molecular flexibility index (Phi) is 8.66. The third kappa shape index (κ3) is 19.2. The summed E-state index contributed by atoms with van der Waals surface area (Å²) >= 11 is 0. The first kappa shape index (κ1) is 11.0. The van der Waals surface area contributed by atoms with E-state index in [9.17, 15) is 9.18 Å². The maximum absolute atomic E-state index is 9.85. The van der Waals surface area contributed by atoms with Crippen LogP contribution in [-0.2, 0) is 4.79 Å². The first-order chi connectivity index (χ1) is 4.06. The summed E-state index contributed by atoms with van der Waals surface area (Å²) in [6.45, 7) is 3.35. The first-order valence-electron chi connectivity index (χ1n) is 2.11. The second-order valence-electron chi connectivity index (χ2n) is 1.21. The van der Waals surface area contributed by atoms with Crippen molar-refractivity contribution in [3.05, 3.63) is 12.2 Å². The quantitative estimate of drug-likeness (QED) is 0.517. The van der Waals surface area contributed by atoms with Gasteiger partial charge in [0.2, 0.25) is 0 Å². The molecule has 0 aliphatic rings. The first-order valence-corrected chi connectivity index (χ1v) is 2.11. The minimum absolute atomic E-state index is 0.176. The Labute approximate surface area is 52.4 Å². The summed E-state index contributed by atoms with van der Waals surface area (Å²) in [6, 6.07) is 0. The van der Waals surface area contributed by atoms with E-state index >= 15 is 0 Å².